The summed E-state index contributed by atoms with van der Waals surface area (Å²) in [5.41, 5.74) is -0.528. The van der Waals surface area contributed by atoms with E-state index in [2.05, 4.69) is 9.62 Å². The molecule has 2 heterocycles. The molecule has 2 aliphatic rings. The second-order valence-electron chi connectivity index (χ2n) is 6.28. The van der Waals surface area contributed by atoms with Crippen molar-refractivity contribution in [3.8, 4) is 11.5 Å². The summed E-state index contributed by atoms with van der Waals surface area (Å²) < 4.78 is 43.9. The number of nitrogens with one attached hydrogen (secondary N) is 1. The van der Waals surface area contributed by atoms with E-state index in [0.717, 1.165) is 25.7 Å². The van der Waals surface area contributed by atoms with Crippen molar-refractivity contribution in [3.05, 3.63) is 22.2 Å². The van der Waals surface area contributed by atoms with Crippen LogP contribution in [0.15, 0.2) is 17.0 Å². The molecule has 1 fully saturated rings. The van der Waals surface area contributed by atoms with E-state index in [1.54, 1.807) is 0 Å². The quantitative estimate of drug-likeness (QED) is 0.404. The summed E-state index contributed by atoms with van der Waals surface area (Å²) in [6.07, 6.45) is 1.21. The maximum Gasteiger partial charge on any atom is 0.293 e. The minimum Gasteiger partial charge on any atom is -0.490 e. The fraction of sp³-hybridized carbons (Fsp3) is 0.625. The van der Waals surface area contributed by atoms with E-state index in [9.17, 15) is 18.5 Å². The SMILES string of the molecule is O=[N+]([O-])c1cc2c(cc1S(=O)(=O)NCCCN1CCOCC1)OCCCO2. The number of nitro benzene ring substituents is 1. The van der Waals surface area contributed by atoms with Crippen molar-refractivity contribution in [1.29, 1.82) is 0 Å². The van der Waals surface area contributed by atoms with Crippen molar-refractivity contribution in [1.82, 2.24) is 9.62 Å². The van der Waals surface area contributed by atoms with Gasteiger partial charge in [0.15, 0.2) is 16.4 Å². The molecule has 0 aromatic heterocycles. The van der Waals surface area contributed by atoms with Crippen LogP contribution in [0.5, 0.6) is 11.5 Å². The van der Waals surface area contributed by atoms with Gasteiger partial charge < -0.3 is 14.2 Å². The highest BCUT2D eigenvalue weighted by atomic mass is 32.2. The van der Waals surface area contributed by atoms with Crippen LogP contribution in [0.2, 0.25) is 0 Å². The monoisotopic (exact) mass is 401 g/mol. The van der Waals surface area contributed by atoms with E-state index in [-0.39, 0.29) is 18.0 Å². The fourth-order valence-corrected chi connectivity index (χ4v) is 4.19. The van der Waals surface area contributed by atoms with Crippen LogP contribution >= 0.6 is 0 Å². The topological polar surface area (TPSA) is 120 Å². The molecule has 27 heavy (non-hydrogen) atoms. The Kier molecular flexibility index (Phi) is 6.47. The lowest BCUT2D eigenvalue weighted by molar-refractivity contribution is -0.387. The van der Waals surface area contributed by atoms with Gasteiger partial charge in [-0.05, 0) is 13.0 Å². The number of hydrogen-bond donors (Lipinski definition) is 1. The Morgan fingerprint density at radius 3 is 2.44 bits per heavy atom. The number of benzene rings is 1. The van der Waals surface area contributed by atoms with Crippen LogP contribution in [0.1, 0.15) is 12.8 Å². The molecule has 150 valence electrons. The molecule has 10 nitrogen and oxygen atoms in total. The molecule has 0 radical (unpaired) electrons. The van der Waals surface area contributed by atoms with Gasteiger partial charge in [0.05, 0.1) is 37.4 Å². The second kappa shape index (κ2) is 8.83. The van der Waals surface area contributed by atoms with Crippen LogP contribution in [0, 0.1) is 10.1 Å². The third-order valence-corrected chi connectivity index (χ3v) is 5.85. The second-order valence-corrected chi connectivity index (χ2v) is 8.01. The van der Waals surface area contributed by atoms with Gasteiger partial charge in [0.25, 0.3) is 5.69 Å². The Bertz CT molecular complexity index is 778. The van der Waals surface area contributed by atoms with Gasteiger partial charge in [-0.2, -0.15) is 0 Å². The summed E-state index contributed by atoms with van der Waals surface area (Å²) >= 11 is 0. The third-order valence-electron chi connectivity index (χ3n) is 4.36. The van der Waals surface area contributed by atoms with Crippen LogP contribution in [0.25, 0.3) is 0 Å². The number of ether oxygens (including phenoxy) is 3. The average Bonchev–Trinajstić information content (AvgIpc) is 2.90. The highest BCUT2D eigenvalue weighted by Gasteiger charge is 2.29. The summed E-state index contributed by atoms with van der Waals surface area (Å²) in [4.78, 5) is 12.4. The molecule has 0 spiro atoms. The Balaban J connectivity index is 1.70. The number of fused-ring (bicyclic) bond motifs is 1. The van der Waals surface area contributed by atoms with Gasteiger partial charge in [-0.3, -0.25) is 15.0 Å². The third kappa shape index (κ3) is 5.06. The van der Waals surface area contributed by atoms with E-state index in [1.165, 1.54) is 6.07 Å². The standard InChI is InChI=1S/C16H23N3O7S/c20-19(21)13-11-14-15(26-8-2-7-25-14)12-16(13)27(22,23)17-3-1-4-18-5-9-24-10-6-18/h11-12,17H,1-10H2. The Morgan fingerprint density at radius 1 is 1.11 bits per heavy atom. The predicted octanol–water partition coefficient (Wildman–Crippen LogP) is 0.757. The van der Waals surface area contributed by atoms with Gasteiger partial charge in [-0.1, -0.05) is 0 Å². The molecule has 0 aliphatic carbocycles. The number of hydrogen-bond acceptors (Lipinski definition) is 8. The molecule has 1 saturated heterocycles. The van der Waals surface area contributed by atoms with Gasteiger partial charge >= 0.3 is 0 Å². The van der Waals surface area contributed by atoms with Gasteiger partial charge in [0.2, 0.25) is 10.0 Å². The van der Waals surface area contributed by atoms with Crippen molar-refractivity contribution in [3.63, 3.8) is 0 Å². The molecule has 0 bridgehead atoms. The zero-order valence-electron chi connectivity index (χ0n) is 14.9. The normalized spacial score (nSPS) is 18.1. The molecular weight excluding hydrogens is 378 g/mol. The number of sulfonamides is 1. The van der Waals surface area contributed by atoms with Crippen LogP contribution < -0.4 is 14.2 Å². The summed E-state index contributed by atoms with van der Waals surface area (Å²) in [5, 5.41) is 11.4. The summed E-state index contributed by atoms with van der Waals surface area (Å²) in [6.45, 7) is 4.62. The Labute approximate surface area is 157 Å². The Morgan fingerprint density at radius 2 is 1.78 bits per heavy atom. The zero-order chi connectivity index (χ0) is 19.3. The molecular formula is C16H23N3O7S. The molecule has 11 heteroatoms. The van der Waals surface area contributed by atoms with Gasteiger partial charge in [-0.15, -0.1) is 0 Å². The van der Waals surface area contributed by atoms with E-state index in [1.807, 2.05) is 0 Å². The first-order valence-corrected chi connectivity index (χ1v) is 10.3. The molecule has 0 unspecified atom stereocenters. The van der Waals surface area contributed by atoms with Crippen molar-refractivity contribution in [2.45, 2.75) is 17.7 Å². The highest BCUT2D eigenvalue weighted by Crippen LogP contribution is 2.38. The van der Waals surface area contributed by atoms with Crippen molar-refractivity contribution >= 4 is 15.7 Å². The van der Waals surface area contributed by atoms with Crippen LogP contribution in [-0.4, -0.2) is 70.8 Å². The lowest BCUT2D eigenvalue weighted by Gasteiger charge is -2.26. The number of nitro groups is 1. The minimum absolute atomic E-state index is 0.186. The molecule has 0 atom stereocenters. The first-order valence-electron chi connectivity index (χ1n) is 8.85. The van der Waals surface area contributed by atoms with Crippen molar-refractivity contribution in [2.24, 2.45) is 0 Å². The molecule has 0 amide bonds. The summed E-state index contributed by atoms with van der Waals surface area (Å²) in [5.74, 6) is 0.386. The van der Waals surface area contributed by atoms with E-state index >= 15 is 0 Å². The largest absolute Gasteiger partial charge is 0.490 e. The molecule has 1 aromatic rings. The van der Waals surface area contributed by atoms with Crippen molar-refractivity contribution < 1.29 is 27.6 Å². The molecule has 2 aliphatic heterocycles. The minimum atomic E-state index is -4.05. The molecule has 3 rings (SSSR count). The van der Waals surface area contributed by atoms with Crippen LogP contribution in [0.3, 0.4) is 0 Å². The van der Waals surface area contributed by atoms with Gasteiger partial charge in [0, 0.05) is 32.1 Å². The lowest BCUT2D eigenvalue weighted by atomic mass is 10.3. The summed E-state index contributed by atoms with van der Waals surface area (Å²) in [7, 11) is -4.05. The van der Waals surface area contributed by atoms with E-state index < -0.39 is 25.5 Å². The average molecular weight is 401 g/mol. The lowest BCUT2D eigenvalue weighted by Crippen LogP contribution is -2.38. The van der Waals surface area contributed by atoms with Crippen LogP contribution in [-0.2, 0) is 14.8 Å². The first-order chi connectivity index (χ1) is 13.0. The number of morpholine rings is 1. The van der Waals surface area contributed by atoms with Gasteiger partial charge in [0.1, 0.15) is 0 Å². The molecule has 0 saturated carbocycles. The molecule has 1 N–H and O–H groups in total. The maximum absolute atomic E-state index is 12.6. The van der Waals surface area contributed by atoms with E-state index in [0.29, 0.717) is 39.3 Å². The summed E-state index contributed by atoms with van der Waals surface area (Å²) in [6, 6.07) is 2.28. The fourth-order valence-electron chi connectivity index (χ4n) is 2.95. The van der Waals surface area contributed by atoms with E-state index in [4.69, 9.17) is 14.2 Å². The van der Waals surface area contributed by atoms with Gasteiger partial charge in [-0.25, -0.2) is 13.1 Å². The van der Waals surface area contributed by atoms with Crippen molar-refractivity contribution in [2.75, 3.05) is 52.6 Å². The molecule has 1 aromatic carbocycles. The number of rotatable bonds is 7. The maximum atomic E-state index is 12.6. The highest BCUT2D eigenvalue weighted by molar-refractivity contribution is 7.89. The first kappa shape index (κ1) is 19.8. The smallest absolute Gasteiger partial charge is 0.293 e. The zero-order valence-corrected chi connectivity index (χ0v) is 15.7. The number of nitrogens with zero attached hydrogens (tertiary/aromatic N) is 2. The van der Waals surface area contributed by atoms with Crippen LogP contribution in [0.4, 0.5) is 5.69 Å². The predicted molar refractivity (Wildman–Crippen MR) is 95.8 cm³/mol. The Hall–Kier alpha value is -1.95.